The number of pyridine rings is 2. The predicted molar refractivity (Wildman–Crippen MR) is 85.3 cm³/mol. The van der Waals surface area contributed by atoms with Crippen LogP contribution >= 0.6 is 0 Å². The third-order valence-electron chi connectivity index (χ3n) is 4.10. The van der Waals surface area contributed by atoms with Crippen LogP contribution in [0.3, 0.4) is 0 Å². The monoisotopic (exact) mass is 302 g/mol. The Labute approximate surface area is 132 Å². The second-order valence-electron chi connectivity index (χ2n) is 5.76. The van der Waals surface area contributed by atoms with Gasteiger partial charge in [0.25, 0.3) is 0 Å². The summed E-state index contributed by atoms with van der Waals surface area (Å²) in [6.45, 7) is 0. The molecule has 23 heavy (non-hydrogen) atoms. The van der Waals surface area contributed by atoms with Crippen LogP contribution in [0.25, 0.3) is 22.7 Å². The molecule has 0 amide bonds. The van der Waals surface area contributed by atoms with Crippen molar-refractivity contribution in [2.24, 2.45) is 0 Å². The van der Waals surface area contributed by atoms with E-state index in [-0.39, 0.29) is 0 Å². The third-order valence-corrected chi connectivity index (χ3v) is 4.10. The molecule has 1 saturated carbocycles. The first-order valence-corrected chi connectivity index (χ1v) is 7.71. The number of aromatic nitrogens is 6. The Balaban J connectivity index is 1.75. The zero-order valence-electron chi connectivity index (χ0n) is 12.4. The fraction of sp³-hybridized carbons (Fsp3) is 0.176. The predicted octanol–water partition coefficient (Wildman–Crippen LogP) is 2.85. The first-order valence-electron chi connectivity index (χ1n) is 7.71. The van der Waals surface area contributed by atoms with Gasteiger partial charge in [-0.05, 0) is 37.1 Å². The molecule has 0 radical (unpaired) electrons. The molecule has 0 unspecified atom stereocenters. The molecule has 4 aromatic heterocycles. The summed E-state index contributed by atoms with van der Waals surface area (Å²) in [4.78, 5) is 9.23. The number of rotatable bonds is 3. The van der Waals surface area contributed by atoms with E-state index in [1.54, 1.807) is 6.20 Å². The van der Waals surface area contributed by atoms with Crippen molar-refractivity contribution in [3.05, 3.63) is 60.8 Å². The van der Waals surface area contributed by atoms with Crippen molar-refractivity contribution in [2.75, 3.05) is 0 Å². The highest BCUT2D eigenvalue weighted by Crippen LogP contribution is 2.39. The molecule has 1 aliphatic carbocycles. The molecule has 0 N–H and O–H groups in total. The molecule has 6 heteroatoms. The van der Waals surface area contributed by atoms with Crippen molar-refractivity contribution in [1.29, 1.82) is 0 Å². The zero-order chi connectivity index (χ0) is 15.2. The summed E-state index contributed by atoms with van der Waals surface area (Å²) in [5.74, 6) is 2.96. The standard InChI is InChI=1S/C17H14N6/c1-3-9-18-15(6-1)23-17(20-16(21-23)12-7-8-12)13-11-19-22-10-4-2-5-14(13)22/h1-6,9-12H,7-8H2. The zero-order valence-corrected chi connectivity index (χ0v) is 12.4. The molecule has 1 fully saturated rings. The van der Waals surface area contributed by atoms with Gasteiger partial charge in [0, 0.05) is 18.3 Å². The van der Waals surface area contributed by atoms with E-state index in [1.807, 2.05) is 58.0 Å². The second kappa shape index (κ2) is 4.74. The lowest BCUT2D eigenvalue weighted by Gasteiger charge is -2.03. The van der Waals surface area contributed by atoms with Crippen LogP contribution in [0.2, 0.25) is 0 Å². The van der Waals surface area contributed by atoms with Gasteiger partial charge in [0.1, 0.15) is 0 Å². The Morgan fingerprint density at radius 3 is 2.78 bits per heavy atom. The number of hydrogen-bond acceptors (Lipinski definition) is 4. The van der Waals surface area contributed by atoms with E-state index < -0.39 is 0 Å². The molecule has 0 spiro atoms. The van der Waals surface area contributed by atoms with E-state index in [0.29, 0.717) is 5.92 Å². The van der Waals surface area contributed by atoms with E-state index >= 15 is 0 Å². The highest BCUT2D eigenvalue weighted by atomic mass is 15.4. The highest BCUT2D eigenvalue weighted by Gasteiger charge is 2.30. The van der Waals surface area contributed by atoms with Gasteiger partial charge >= 0.3 is 0 Å². The Morgan fingerprint density at radius 2 is 1.96 bits per heavy atom. The second-order valence-corrected chi connectivity index (χ2v) is 5.76. The topological polar surface area (TPSA) is 60.9 Å². The summed E-state index contributed by atoms with van der Waals surface area (Å²) < 4.78 is 3.68. The van der Waals surface area contributed by atoms with E-state index in [0.717, 1.165) is 28.5 Å². The molecule has 0 aliphatic heterocycles. The van der Waals surface area contributed by atoms with Crippen LogP contribution in [0, 0.1) is 0 Å². The maximum absolute atomic E-state index is 4.80. The molecule has 0 atom stereocenters. The maximum atomic E-state index is 4.80. The van der Waals surface area contributed by atoms with Gasteiger partial charge in [0.15, 0.2) is 17.5 Å². The molecular formula is C17H14N6. The molecule has 0 bridgehead atoms. The van der Waals surface area contributed by atoms with E-state index in [2.05, 4.69) is 10.1 Å². The molecule has 1 aliphatic rings. The minimum absolute atomic E-state index is 0.487. The van der Waals surface area contributed by atoms with Gasteiger partial charge in [-0.2, -0.15) is 9.78 Å². The normalized spacial score (nSPS) is 14.4. The average molecular weight is 302 g/mol. The molecule has 5 rings (SSSR count). The first kappa shape index (κ1) is 12.5. The summed E-state index contributed by atoms with van der Waals surface area (Å²) in [6.07, 6.45) is 7.88. The Hall–Kier alpha value is -3.02. The van der Waals surface area contributed by atoms with Crippen molar-refractivity contribution in [3.63, 3.8) is 0 Å². The molecule has 4 aromatic rings. The van der Waals surface area contributed by atoms with Crippen LogP contribution in [-0.2, 0) is 0 Å². The fourth-order valence-electron chi connectivity index (χ4n) is 2.76. The molecule has 4 heterocycles. The van der Waals surface area contributed by atoms with Gasteiger partial charge in [0.05, 0.1) is 17.3 Å². The summed E-state index contributed by atoms with van der Waals surface area (Å²) in [5, 5.41) is 9.13. The van der Waals surface area contributed by atoms with Crippen LogP contribution in [-0.4, -0.2) is 29.4 Å². The van der Waals surface area contributed by atoms with Crippen LogP contribution in [0.15, 0.2) is 55.0 Å². The molecule has 112 valence electrons. The lowest BCUT2D eigenvalue weighted by atomic mass is 10.2. The smallest absolute Gasteiger partial charge is 0.169 e. The van der Waals surface area contributed by atoms with Gasteiger partial charge in [0.2, 0.25) is 0 Å². The minimum Gasteiger partial charge on any atom is -0.240 e. The minimum atomic E-state index is 0.487. The summed E-state index contributed by atoms with van der Waals surface area (Å²) in [6, 6.07) is 11.8. The highest BCUT2D eigenvalue weighted by molar-refractivity contribution is 5.76. The van der Waals surface area contributed by atoms with Crippen molar-refractivity contribution in [1.82, 2.24) is 29.4 Å². The van der Waals surface area contributed by atoms with E-state index in [1.165, 1.54) is 12.8 Å². The Morgan fingerprint density at radius 1 is 1.04 bits per heavy atom. The molecule has 0 saturated heterocycles. The lowest BCUT2D eigenvalue weighted by Crippen LogP contribution is -2.01. The van der Waals surface area contributed by atoms with Crippen LogP contribution < -0.4 is 0 Å². The fourth-order valence-corrected chi connectivity index (χ4v) is 2.76. The largest absolute Gasteiger partial charge is 0.240 e. The Bertz CT molecular complexity index is 981. The summed E-state index contributed by atoms with van der Waals surface area (Å²) >= 11 is 0. The van der Waals surface area contributed by atoms with Crippen molar-refractivity contribution >= 4 is 5.52 Å². The molecule has 0 aromatic carbocycles. The van der Waals surface area contributed by atoms with Gasteiger partial charge in [-0.3, -0.25) is 0 Å². The van der Waals surface area contributed by atoms with Gasteiger partial charge in [-0.1, -0.05) is 12.1 Å². The lowest BCUT2D eigenvalue weighted by molar-refractivity contribution is 0.816. The average Bonchev–Trinajstić information content (AvgIpc) is 3.22. The maximum Gasteiger partial charge on any atom is 0.169 e. The van der Waals surface area contributed by atoms with Crippen molar-refractivity contribution < 1.29 is 0 Å². The van der Waals surface area contributed by atoms with Crippen molar-refractivity contribution in [2.45, 2.75) is 18.8 Å². The number of fused-ring (bicyclic) bond motifs is 1. The first-order chi connectivity index (χ1) is 11.4. The third kappa shape index (κ3) is 2.03. The van der Waals surface area contributed by atoms with E-state index in [9.17, 15) is 0 Å². The summed E-state index contributed by atoms with van der Waals surface area (Å²) in [5.41, 5.74) is 1.98. The van der Waals surface area contributed by atoms with Gasteiger partial charge in [-0.15, -0.1) is 5.10 Å². The Kier molecular flexibility index (Phi) is 2.58. The van der Waals surface area contributed by atoms with E-state index in [4.69, 9.17) is 10.1 Å². The van der Waals surface area contributed by atoms with Crippen LogP contribution in [0.4, 0.5) is 0 Å². The molecule has 6 nitrogen and oxygen atoms in total. The molecular weight excluding hydrogens is 288 g/mol. The SMILES string of the molecule is c1ccc(-n2nc(C3CC3)nc2-c2cnn3ccccc23)nc1. The quantitative estimate of drug-likeness (QED) is 0.584. The van der Waals surface area contributed by atoms with Gasteiger partial charge in [-0.25, -0.2) is 14.5 Å². The summed E-state index contributed by atoms with van der Waals surface area (Å²) in [7, 11) is 0. The van der Waals surface area contributed by atoms with Crippen molar-refractivity contribution in [3.8, 4) is 17.2 Å². The van der Waals surface area contributed by atoms with Crippen LogP contribution in [0.1, 0.15) is 24.6 Å². The number of hydrogen-bond donors (Lipinski definition) is 0. The van der Waals surface area contributed by atoms with Crippen LogP contribution in [0.5, 0.6) is 0 Å². The number of nitrogens with zero attached hydrogens (tertiary/aromatic N) is 6. The van der Waals surface area contributed by atoms with Gasteiger partial charge < -0.3 is 0 Å².